The molecule has 0 saturated carbocycles. The van der Waals surface area contributed by atoms with Gasteiger partial charge in [-0.1, -0.05) is 23.9 Å². The summed E-state index contributed by atoms with van der Waals surface area (Å²) in [5.74, 6) is -0.366. The zero-order valence-corrected chi connectivity index (χ0v) is 16.2. The monoisotopic (exact) mass is 420 g/mol. The lowest BCUT2D eigenvalue weighted by molar-refractivity contribution is -0.137. The maximum atomic E-state index is 13.4. The number of carbonyl (C=O) groups is 1. The standard InChI is InChI=1S/C20H19F3N4OS/c1-25-14-3-2-12-8-15-16(27-19(28)4-6-26-7-5-24)9-13(20(21,22)23)10-18(15)29-17(12)11-14/h2-3,9-11,26H,4-8,24H2,(H,27,28). The zero-order valence-electron chi connectivity index (χ0n) is 15.4. The van der Waals surface area contributed by atoms with Crippen LogP contribution < -0.4 is 16.4 Å². The summed E-state index contributed by atoms with van der Waals surface area (Å²) in [6.45, 7) is 8.51. The molecule has 9 heteroatoms. The highest BCUT2D eigenvalue weighted by molar-refractivity contribution is 7.99. The van der Waals surface area contributed by atoms with Gasteiger partial charge in [-0.15, -0.1) is 0 Å². The van der Waals surface area contributed by atoms with Crippen molar-refractivity contribution in [2.75, 3.05) is 25.0 Å². The Morgan fingerprint density at radius 1 is 1.21 bits per heavy atom. The van der Waals surface area contributed by atoms with Crippen LogP contribution in [0.1, 0.15) is 23.1 Å². The van der Waals surface area contributed by atoms with E-state index in [1.165, 1.54) is 11.8 Å². The second-order valence-corrected chi connectivity index (χ2v) is 7.60. The second kappa shape index (κ2) is 8.86. The lowest BCUT2D eigenvalue weighted by Crippen LogP contribution is -2.26. The molecular formula is C20H19F3N4OS. The molecule has 2 aromatic carbocycles. The van der Waals surface area contributed by atoms with Crippen LogP contribution >= 0.6 is 11.8 Å². The number of hydrogen-bond acceptors (Lipinski definition) is 4. The van der Waals surface area contributed by atoms with Gasteiger partial charge in [-0.3, -0.25) is 4.79 Å². The van der Waals surface area contributed by atoms with Gasteiger partial charge in [-0.25, -0.2) is 4.85 Å². The van der Waals surface area contributed by atoms with Crippen molar-refractivity contribution in [2.24, 2.45) is 5.73 Å². The Morgan fingerprint density at radius 3 is 2.69 bits per heavy atom. The number of fused-ring (bicyclic) bond motifs is 2. The van der Waals surface area contributed by atoms with Gasteiger partial charge in [0.15, 0.2) is 5.69 Å². The third-order valence-corrected chi connectivity index (χ3v) is 5.61. The van der Waals surface area contributed by atoms with Crippen LogP contribution in [-0.2, 0) is 17.4 Å². The maximum Gasteiger partial charge on any atom is 0.416 e. The van der Waals surface area contributed by atoms with Gasteiger partial charge in [0.2, 0.25) is 5.91 Å². The lowest BCUT2D eigenvalue weighted by atomic mass is 9.99. The van der Waals surface area contributed by atoms with E-state index in [0.29, 0.717) is 42.2 Å². The van der Waals surface area contributed by atoms with Gasteiger partial charge in [0.25, 0.3) is 0 Å². The molecule has 0 unspecified atom stereocenters. The highest BCUT2D eigenvalue weighted by Crippen LogP contribution is 2.46. The van der Waals surface area contributed by atoms with E-state index in [0.717, 1.165) is 22.6 Å². The molecule has 0 atom stereocenters. The molecule has 1 aliphatic heterocycles. The smallest absolute Gasteiger partial charge is 0.329 e. The Kier molecular flexibility index (Phi) is 6.47. The molecule has 0 aromatic heterocycles. The Balaban J connectivity index is 1.91. The first kappa shape index (κ1) is 21.2. The minimum atomic E-state index is -4.53. The third-order valence-electron chi connectivity index (χ3n) is 4.43. The van der Waals surface area contributed by atoms with Crippen LogP contribution in [0.4, 0.5) is 24.5 Å². The summed E-state index contributed by atoms with van der Waals surface area (Å²) in [6, 6.07) is 7.26. The van der Waals surface area contributed by atoms with Gasteiger partial charge in [0.05, 0.1) is 12.1 Å². The molecule has 2 aromatic rings. The van der Waals surface area contributed by atoms with Crippen LogP contribution in [0, 0.1) is 6.57 Å². The molecule has 0 fully saturated rings. The van der Waals surface area contributed by atoms with Crippen LogP contribution in [0.2, 0.25) is 0 Å². The van der Waals surface area contributed by atoms with E-state index >= 15 is 0 Å². The van der Waals surface area contributed by atoms with Crippen molar-refractivity contribution in [3.05, 3.63) is 58.4 Å². The molecule has 4 N–H and O–H groups in total. The maximum absolute atomic E-state index is 13.4. The van der Waals surface area contributed by atoms with E-state index in [-0.39, 0.29) is 18.0 Å². The van der Waals surface area contributed by atoms with E-state index in [4.69, 9.17) is 12.3 Å². The minimum absolute atomic E-state index is 0.128. The molecule has 0 aliphatic carbocycles. The Bertz CT molecular complexity index is 969. The zero-order chi connectivity index (χ0) is 21.0. The highest BCUT2D eigenvalue weighted by Gasteiger charge is 2.33. The van der Waals surface area contributed by atoms with Crippen molar-refractivity contribution in [1.29, 1.82) is 0 Å². The first-order chi connectivity index (χ1) is 13.8. The summed E-state index contributed by atoms with van der Waals surface area (Å²) in [5, 5.41) is 5.62. The highest BCUT2D eigenvalue weighted by atomic mass is 32.2. The summed E-state index contributed by atoms with van der Waals surface area (Å²) >= 11 is 1.19. The average molecular weight is 420 g/mol. The fourth-order valence-electron chi connectivity index (χ4n) is 3.00. The normalized spacial score (nSPS) is 12.7. The SMILES string of the molecule is [C-]#[N+]c1ccc2c(c1)Sc1cc(C(F)(F)F)cc(NC(=O)CCNCCN)c1C2. The van der Waals surface area contributed by atoms with Gasteiger partial charge >= 0.3 is 6.18 Å². The number of amides is 1. The van der Waals surface area contributed by atoms with Crippen LogP contribution in [0.5, 0.6) is 0 Å². The van der Waals surface area contributed by atoms with Crippen molar-refractivity contribution in [3.8, 4) is 0 Å². The van der Waals surface area contributed by atoms with Crippen molar-refractivity contribution in [2.45, 2.75) is 28.8 Å². The fraction of sp³-hybridized carbons (Fsp3) is 0.300. The number of nitrogens with one attached hydrogen (secondary N) is 2. The molecule has 5 nitrogen and oxygen atoms in total. The number of hydrogen-bond donors (Lipinski definition) is 3. The van der Waals surface area contributed by atoms with Crippen molar-refractivity contribution >= 4 is 29.0 Å². The first-order valence-electron chi connectivity index (χ1n) is 8.95. The fourth-order valence-corrected chi connectivity index (χ4v) is 4.18. The molecule has 1 aliphatic rings. The number of anilines is 1. The quantitative estimate of drug-likeness (QED) is 0.413. The Labute approximate surface area is 170 Å². The van der Waals surface area contributed by atoms with Crippen molar-refractivity contribution in [3.63, 3.8) is 0 Å². The summed E-state index contributed by atoms with van der Waals surface area (Å²) in [6.07, 6.45) is -4.02. The van der Waals surface area contributed by atoms with E-state index < -0.39 is 11.7 Å². The molecule has 0 radical (unpaired) electrons. The summed E-state index contributed by atoms with van der Waals surface area (Å²) < 4.78 is 40.2. The average Bonchev–Trinajstić information content (AvgIpc) is 2.68. The number of alkyl halides is 3. The van der Waals surface area contributed by atoms with Crippen LogP contribution in [0.15, 0.2) is 40.1 Å². The molecule has 0 saturated heterocycles. The second-order valence-electron chi connectivity index (χ2n) is 6.52. The summed E-state index contributed by atoms with van der Waals surface area (Å²) in [4.78, 5) is 16.8. The molecule has 152 valence electrons. The van der Waals surface area contributed by atoms with E-state index in [1.807, 2.05) is 0 Å². The number of benzene rings is 2. The van der Waals surface area contributed by atoms with Crippen molar-refractivity contribution < 1.29 is 18.0 Å². The molecule has 1 heterocycles. The van der Waals surface area contributed by atoms with Gasteiger partial charge < -0.3 is 16.4 Å². The lowest BCUT2D eigenvalue weighted by Gasteiger charge is -2.24. The summed E-state index contributed by atoms with van der Waals surface area (Å²) in [7, 11) is 0. The third kappa shape index (κ3) is 5.09. The van der Waals surface area contributed by atoms with Crippen LogP contribution in [0.25, 0.3) is 4.85 Å². The molecule has 29 heavy (non-hydrogen) atoms. The predicted molar refractivity (Wildman–Crippen MR) is 106 cm³/mol. The van der Waals surface area contributed by atoms with Crippen LogP contribution in [-0.4, -0.2) is 25.5 Å². The summed E-state index contributed by atoms with van der Waals surface area (Å²) in [5.41, 5.74) is 6.72. The molecule has 0 spiro atoms. The van der Waals surface area contributed by atoms with E-state index in [2.05, 4.69) is 15.5 Å². The molecular weight excluding hydrogens is 401 g/mol. The number of rotatable bonds is 6. The molecule has 3 rings (SSSR count). The van der Waals surface area contributed by atoms with Gasteiger partial charge in [0.1, 0.15) is 0 Å². The van der Waals surface area contributed by atoms with E-state index in [9.17, 15) is 18.0 Å². The largest absolute Gasteiger partial charge is 0.416 e. The number of nitrogens with two attached hydrogens (primary N) is 1. The Morgan fingerprint density at radius 2 is 2.00 bits per heavy atom. The number of halogens is 3. The topological polar surface area (TPSA) is 71.5 Å². The number of carbonyl (C=O) groups excluding carboxylic acids is 1. The number of nitrogens with zero attached hydrogens (tertiary/aromatic N) is 1. The van der Waals surface area contributed by atoms with Gasteiger partial charge in [-0.05, 0) is 29.3 Å². The Hall–Kier alpha value is -2.54. The van der Waals surface area contributed by atoms with Gasteiger partial charge in [0, 0.05) is 48.0 Å². The van der Waals surface area contributed by atoms with Crippen LogP contribution in [0.3, 0.4) is 0 Å². The minimum Gasteiger partial charge on any atom is -0.329 e. The van der Waals surface area contributed by atoms with Gasteiger partial charge in [-0.2, -0.15) is 13.2 Å². The van der Waals surface area contributed by atoms with Crippen molar-refractivity contribution in [1.82, 2.24) is 5.32 Å². The predicted octanol–water partition coefficient (Wildman–Crippen LogP) is 4.19. The first-order valence-corrected chi connectivity index (χ1v) is 9.76. The molecule has 1 amide bonds. The van der Waals surface area contributed by atoms with E-state index in [1.54, 1.807) is 18.2 Å². The molecule has 0 bridgehead atoms.